The fourth-order valence-electron chi connectivity index (χ4n) is 2.01. The van der Waals surface area contributed by atoms with Crippen LogP contribution in [-0.2, 0) is 0 Å². The minimum absolute atomic E-state index is 0.183. The molecule has 1 aliphatic carbocycles. The van der Waals surface area contributed by atoms with Crippen LogP contribution in [0.4, 0.5) is 5.95 Å². The molecule has 2 aromatic heterocycles. The number of imidazole rings is 1. The largest absolute Gasteiger partial charge is 0.353 e. The first kappa shape index (κ1) is 12.3. The normalized spacial score (nSPS) is 16.3. The molecule has 7 heteroatoms. The van der Waals surface area contributed by atoms with Gasteiger partial charge in [0.25, 0.3) is 0 Å². The van der Waals surface area contributed by atoms with Gasteiger partial charge in [-0.05, 0) is 36.3 Å². The third-order valence-electron chi connectivity index (χ3n) is 3.66. The average molecular weight is 279 g/mol. The van der Waals surface area contributed by atoms with Crippen molar-refractivity contribution in [2.24, 2.45) is 5.41 Å². The number of hydrogen-bond donors (Lipinski definition) is 1. The zero-order chi connectivity index (χ0) is 13.3. The molecule has 2 heterocycles. The van der Waals surface area contributed by atoms with Gasteiger partial charge in [-0.3, -0.25) is 4.57 Å². The molecule has 6 nitrogen and oxygen atoms in total. The van der Waals surface area contributed by atoms with Gasteiger partial charge in [-0.1, -0.05) is 6.92 Å². The molecule has 0 spiro atoms. The third-order valence-corrected chi connectivity index (χ3v) is 3.83. The maximum atomic E-state index is 5.93. The van der Waals surface area contributed by atoms with Crippen LogP contribution in [0.25, 0.3) is 5.95 Å². The lowest BCUT2D eigenvalue weighted by atomic mass is 10.0. The van der Waals surface area contributed by atoms with E-state index in [1.54, 1.807) is 23.3 Å². The number of nitrogens with zero attached hydrogens (tertiary/aromatic N) is 5. The van der Waals surface area contributed by atoms with Crippen molar-refractivity contribution in [2.45, 2.75) is 26.2 Å². The quantitative estimate of drug-likeness (QED) is 0.909. The zero-order valence-corrected chi connectivity index (χ0v) is 11.4. The molecule has 1 aliphatic rings. The molecule has 0 aromatic carbocycles. The lowest BCUT2D eigenvalue weighted by Crippen LogP contribution is -2.17. The van der Waals surface area contributed by atoms with Crippen molar-refractivity contribution < 1.29 is 0 Å². The van der Waals surface area contributed by atoms with Crippen LogP contribution in [-0.4, -0.2) is 31.0 Å². The molecule has 1 fully saturated rings. The first-order valence-corrected chi connectivity index (χ1v) is 6.72. The van der Waals surface area contributed by atoms with Crippen LogP contribution in [0.5, 0.6) is 0 Å². The Kier molecular flexibility index (Phi) is 3.10. The Morgan fingerprint density at radius 1 is 1.37 bits per heavy atom. The highest BCUT2D eigenvalue weighted by Crippen LogP contribution is 2.48. The topological polar surface area (TPSA) is 68.5 Å². The van der Waals surface area contributed by atoms with Crippen molar-refractivity contribution in [1.82, 2.24) is 24.5 Å². The van der Waals surface area contributed by atoms with Crippen molar-refractivity contribution >= 4 is 17.5 Å². The lowest BCUT2D eigenvalue weighted by Gasteiger charge is -2.13. The van der Waals surface area contributed by atoms with Crippen molar-refractivity contribution in [3.8, 4) is 5.95 Å². The van der Waals surface area contributed by atoms with Gasteiger partial charge in [-0.25, -0.2) is 4.98 Å². The standard InChI is InChI=1S/C12H15ClN6/c1-2-12(3-4-12)7-15-10-16-9(13)17-11(18-10)19-6-5-14-8-19/h5-6,8H,2-4,7H2,1H3,(H,15,16,17,18). The summed E-state index contributed by atoms with van der Waals surface area (Å²) in [5.41, 5.74) is 0.425. The van der Waals surface area contributed by atoms with Gasteiger partial charge in [0.15, 0.2) is 0 Å². The van der Waals surface area contributed by atoms with E-state index < -0.39 is 0 Å². The number of nitrogens with one attached hydrogen (secondary N) is 1. The molecule has 0 bridgehead atoms. The molecular weight excluding hydrogens is 264 g/mol. The molecule has 0 radical (unpaired) electrons. The highest BCUT2D eigenvalue weighted by Gasteiger charge is 2.40. The van der Waals surface area contributed by atoms with Crippen LogP contribution < -0.4 is 5.32 Å². The molecule has 0 atom stereocenters. The van der Waals surface area contributed by atoms with Crippen LogP contribution in [0.2, 0.25) is 5.28 Å². The molecule has 0 saturated heterocycles. The lowest BCUT2D eigenvalue weighted by molar-refractivity contribution is 0.519. The van der Waals surface area contributed by atoms with Gasteiger partial charge in [0.1, 0.15) is 6.33 Å². The first-order valence-electron chi connectivity index (χ1n) is 6.35. The first-order chi connectivity index (χ1) is 9.21. The van der Waals surface area contributed by atoms with Gasteiger partial charge in [0.2, 0.25) is 17.2 Å². The predicted octanol–water partition coefficient (Wildman–Crippen LogP) is 2.31. The number of hydrogen-bond acceptors (Lipinski definition) is 5. The Bertz CT molecular complexity index is 564. The van der Waals surface area contributed by atoms with E-state index in [4.69, 9.17) is 11.6 Å². The van der Waals surface area contributed by atoms with Crippen molar-refractivity contribution in [3.05, 3.63) is 24.0 Å². The molecule has 2 aromatic rings. The highest BCUT2D eigenvalue weighted by molar-refractivity contribution is 6.28. The van der Waals surface area contributed by atoms with Crippen LogP contribution in [0.3, 0.4) is 0 Å². The maximum Gasteiger partial charge on any atom is 0.241 e. The number of halogens is 1. The SMILES string of the molecule is CCC1(CNc2nc(Cl)nc(-n3ccnc3)n2)CC1. The van der Waals surface area contributed by atoms with E-state index in [9.17, 15) is 0 Å². The summed E-state index contributed by atoms with van der Waals surface area (Å²) >= 11 is 5.93. The summed E-state index contributed by atoms with van der Waals surface area (Å²) in [4.78, 5) is 16.5. The van der Waals surface area contributed by atoms with Gasteiger partial charge < -0.3 is 5.32 Å². The summed E-state index contributed by atoms with van der Waals surface area (Å²) in [7, 11) is 0. The number of rotatable bonds is 5. The minimum Gasteiger partial charge on any atom is -0.353 e. The monoisotopic (exact) mass is 278 g/mol. The zero-order valence-electron chi connectivity index (χ0n) is 10.7. The molecule has 0 aliphatic heterocycles. The van der Waals surface area contributed by atoms with Gasteiger partial charge >= 0.3 is 0 Å². The fraction of sp³-hybridized carbons (Fsp3) is 0.500. The minimum atomic E-state index is 0.183. The van der Waals surface area contributed by atoms with E-state index in [2.05, 4.69) is 32.2 Å². The van der Waals surface area contributed by atoms with Gasteiger partial charge in [-0.15, -0.1) is 0 Å². The molecule has 0 amide bonds. The number of anilines is 1. The van der Waals surface area contributed by atoms with Crippen LogP contribution in [0.1, 0.15) is 26.2 Å². The smallest absolute Gasteiger partial charge is 0.241 e. The summed E-state index contributed by atoms with van der Waals surface area (Å²) in [6.45, 7) is 3.10. The fourth-order valence-corrected chi connectivity index (χ4v) is 2.17. The van der Waals surface area contributed by atoms with Crippen LogP contribution >= 0.6 is 11.6 Å². The van der Waals surface area contributed by atoms with E-state index in [0.29, 0.717) is 17.3 Å². The summed E-state index contributed by atoms with van der Waals surface area (Å²) in [6.07, 6.45) is 8.77. The summed E-state index contributed by atoms with van der Waals surface area (Å²) in [6, 6.07) is 0. The predicted molar refractivity (Wildman–Crippen MR) is 72.4 cm³/mol. The van der Waals surface area contributed by atoms with E-state index in [1.165, 1.54) is 19.3 Å². The third kappa shape index (κ3) is 2.68. The van der Waals surface area contributed by atoms with Gasteiger partial charge in [0, 0.05) is 18.9 Å². The Hall–Kier alpha value is -1.69. The Balaban J connectivity index is 1.78. The molecule has 0 unspecified atom stereocenters. The molecule has 100 valence electrons. The molecule has 3 rings (SSSR count). The Morgan fingerprint density at radius 2 is 2.21 bits per heavy atom. The van der Waals surface area contributed by atoms with E-state index in [-0.39, 0.29) is 5.28 Å². The van der Waals surface area contributed by atoms with Gasteiger partial charge in [-0.2, -0.15) is 15.0 Å². The molecular formula is C12H15ClN6. The van der Waals surface area contributed by atoms with E-state index >= 15 is 0 Å². The van der Waals surface area contributed by atoms with Crippen LogP contribution in [0, 0.1) is 5.41 Å². The summed E-state index contributed by atoms with van der Waals surface area (Å²) in [5, 5.41) is 3.44. The number of aromatic nitrogens is 5. The van der Waals surface area contributed by atoms with E-state index in [0.717, 1.165) is 6.54 Å². The Morgan fingerprint density at radius 3 is 2.84 bits per heavy atom. The van der Waals surface area contributed by atoms with Crippen LogP contribution in [0.15, 0.2) is 18.7 Å². The molecule has 1 N–H and O–H groups in total. The highest BCUT2D eigenvalue weighted by atomic mass is 35.5. The van der Waals surface area contributed by atoms with E-state index in [1.807, 2.05) is 0 Å². The Labute approximate surface area is 116 Å². The molecule has 19 heavy (non-hydrogen) atoms. The average Bonchev–Trinajstić information content (AvgIpc) is 2.98. The second-order valence-electron chi connectivity index (χ2n) is 4.91. The van der Waals surface area contributed by atoms with Crippen molar-refractivity contribution in [2.75, 3.05) is 11.9 Å². The summed E-state index contributed by atoms with van der Waals surface area (Å²) < 4.78 is 1.70. The van der Waals surface area contributed by atoms with Gasteiger partial charge in [0.05, 0.1) is 0 Å². The molecule has 1 saturated carbocycles. The second-order valence-corrected chi connectivity index (χ2v) is 5.24. The van der Waals surface area contributed by atoms with Crippen molar-refractivity contribution in [3.63, 3.8) is 0 Å². The summed E-state index contributed by atoms with van der Waals surface area (Å²) in [5.74, 6) is 0.991. The second kappa shape index (κ2) is 4.77. The van der Waals surface area contributed by atoms with Crippen molar-refractivity contribution in [1.29, 1.82) is 0 Å². The maximum absolute atomic E-state index is 5.93.